The molecule has 3 heterocycles. The number of piperazine rings is 1. The Morgan fingerprint density at radius 2 is 1.84 bits per heavy atom. The molecule has 6 atom stereocenters. The van der Waals surface area contributed by atoms with Crippen LogP contribution in [0.1, 0.15) is 79.4 Å². The highest BCUT2D eigenvalue weighted by molar-refractivity contribution is 5.98. The summed E-state index contributed by atoms with van der Waals surface area (Å²) in [7, 11) is 1.64. The zero-order chi connectivity index (χ0) is 34.6. The van der Waals surface area contributed by atoms with E-state index in [0.717, 1.165) is 60.9 Å². The summed E-state index contributed by atoms with van der Waals surface area (Å²) >= 11 is 0. The summed E-state index contributed by atoms with van der Waals surface area (Å²) in [6, 6.07) is 15.6. The van der Waals surface area contributed by atoms with Crippen LogP contribution in [0.2, 0.25) is 0 Å². The number of para-hydroxylation sites is 1. The summed E-state index contributed by atoms with van der Waals surface area (Å²) in [5.41, 5.74) is 3.70. The zero-order valence-corrected chi connectivity index (χ0v) is 29.3. The van der Waals surface area contributed by atoms with Crippen molar-refractivity contribution in [3.63, 3.8) is 0 Å². The van der Waals surface area contributed by atoms with Crippen molar-refractivity contribution in [3.8, 4) is 18.1 Å². The number of nitrogens with zero attached hydrogens (tertiary/aromatic N) is 4. The Labute approximate surface area is 294 Å². The Hall–Kier alpha value is -4.13. The van der Waals surface area contributed by atoms with E-state index in [1.165, 1.54) is 11.1 Å². The van der Waals surface area contributed by atoms with Gasteiger partial charge < -0.3 is 29.3 Å². The highest BCUT2D eigenvalue weighted by atomic mass is 16.7. The third-order valence-electron chi connectivity index (χ3n) is 13.1. The SMILES string of the molecule is C#C[C@@]1(O)CC[C@H]2[C@@H]3CCc4cc(OCOC)c(N5CCN(C(=O)[C@@H]6CCCN6C(=O)c6ccc7ccccc7n6)CC5)cc4[C@H]3CC[C@@]21C. The molecule has 50 heavy (non-hydrogen) atoms. The second-order valence-corrected chi connectivity index (χ2v) is 15.3. The number of carbonyl (C=O) groups excluding carboxylic acids is 2. The molecule has 0 spiro atoms. The van der Waals surface area contributed by atoms with Crippen molar-refractivity contribution < 1.29 is 24.2 Å². The number of terminal acetylenes is 1. The number of rotatable bonds is 6. The summed E-state index contributed by atoms with van der Waals surface area (Å²) in [5, 5.41) is 12.4. The first kappa shape index (κ1) is 33.0. The van der Waals surface area contributed by atoms with E-state index < -0.39 is 11.6 Å². The van der Waals surface area contributed by atoms with Gasteiger partial charge >= 0.3 is 0 Å². The fraction of sp³-hybridized carbons (Fsp3) is 0.537. The van der Waals surface area contributed by atoms with Crippen LogP contribution in [0.25, 0.3) is 10.9 Å². The number of hydrogen-bond acceptors (Lipinski definition) is 7. The Bertz CT molecular complexity index is 1850. The average Bonchev–Trinajstić information content (AvgIpc) is 3.75. The van der Waals surface area contributed by atoms with Crippen molar-refractivity contribution in [1.82, 2.24) is 14.8 Å². The summed E-state index contributed by atoms with van der Waals surface area (Å²) < 4.78 is 11.5. The molecule has 9 nitrogen and oxygen atoms in total. The van der Waals surface area contributed by atoms with Crippen molar-refractivity contribution >= 4 is 28.4 Å². The normalized spacial score (nSPS) is 30.4. The molecule has 1 aromatic heterocycles. The Balaban J connectivity index is 0.987. The van der Waals surface area contributed by atoms with Gasteiger partial charge in [-0.15, -0.1) is 6.42 Å². The summed E-state index contributed by atoms with van der Waals surface area (Å²) in [6.07, 6.45) is 13.1. The smallest absolute Gasteiger partial charge is 0.273 e. The van der Waals surface area contributed by atoms with Gasteiger partial charge in [0.1, 0.15) is 23.1 Å². The maximum Gasteiger partial charge on any atom is 0.273 e. The van der Waals surface area contributed by atoms with E-state index in [9.17, 15) is 14.7 Å². The van der Waals surface area contributed by atoms with Crippen molar-refractivity contribution in [3.05, 3.63) is 65.4 Å². The van der Waals surface area contributed by atoms with E-state index in [1.807, 2.05) is 35.2 Å². The van der Waals surface area contributed by atoms with Crippen LogP contribution in [0.3, 0.4) is 0 Å². The number of ether oxygens (including phenoxy) is 2. The lowest BCUT2D eigenvalue weighted by Crippen LogP contribution is -2.54. The molecule has 3 aromatic rings. The van der Waals surface area contributed by atoms with Gasteiger partial charge in [-0.1, -0.05) is 37.1 Å². The molecule has 4 fully saturated rings. The van der Waals surface area contributed by atoms with Crippen LogP contribution in [-0.4, -0.2) is 90.0 Å². The fourth-order valence-corrected chi connectivity index (χ4v) is 10.3. The van der Waals surface area contributed by atoms with Crippen LogP contribution >= 0.6 is 0 Å². The highest BCUT2D eigenvalue weighted by Gasteiger charge is 2.61. The molecule has 9 heteroatoms. The standard InChI is InChI=1S/C41H48N4O5/c1-4-41(48)18-16-32-30-13-11-28-24-37(50-26-49-3)36(25-31(28)29(30)15-17-40(32,41)2)43-20-22-44(23-21-43)39(47)35-10-7-19-45(35)38(46)34-14-12-27-8-5-6-9-33(27)42-34/h1,5-6,8-9,12,14,24-25,29-30,32,35,48H,7,10-11,13,15-23,26H2,2-3H3/t29-,30+,32-,35-,40-,41+/m0/s1. The van der Waals surface area contributed by atoms with E-state index >= 15 is 0 Å². The molecule has 262 valence electrons. The number of benzene rings is 2. The molecule has 2 amide bonds. The molecular formula is C41H48N4O5. The number of likely N-dealkylation sites (tertiary alicyclic amines) is 1. The molecule has 5 aliphatic rings. The van der Waals surface area contributed by atoms with Crippen molar-refractivity contribution in [1.29, 1.82) is 0 Å². The molecule has 8 rings (SSSR count). The van der Waals surface area contributed by atoms with Gasteiger partial charge in [0.05, 0.1) is 11.2 Å². The Morgan fingerprint density at radius 3 is 2.64 bits per heavy atom. The van der Waals surface area contributed by atoms with Crippen LogP contribution in [0.15, 0.2) is 48.5 Å². The van der Waals surface area contributed by atoms with Gasteiger partial charge in [0.2, 0.25) is 5.91 Å². The van der Waals surface area contributed by atoms with Gasteiger partial charge in [-0.2, -0.15) is 0 Å². The van der Waals surface area contributed by atoms with Gasteiger partial charge in [-0.3, -0.25) is 9.59 Å². The highest BCUT2D eigenvalue weighted by Crippen LogP contribution is 2.64. The molecule has 2 saturated carbocycles. The minimum Gasteiger partial charge on any atom is -0.465 e. The van der Waals surface area contributed by atoms with Crippen LogP contribution in [-0.2, 0) is 16.0 Å². The number of aryl methyl sites for hydroxylation is 1. The lowest BCUT2D eigenvalue weighted by atomic mass is 9.53. The maximum absolute atomic E-state index is 14.0. The van der Waals surface area contributed by atoms with Crippen molar-refractivity contribution in [2.24, 2.45) is 17.3 Å². The van der Waals surface area contributed by atoms with Gasteiger partial charge in [0.25, 0.3) is 5.91 Å². The van der Waals surface area contributed by atoms with Gasteiger partial charge in [-0.05, 0) is 105 Å². The zero-order valence-electron chi connectivity index (χ0n) is 29.3. The van der Waals surface area contributed by atoms with Crippen LogP contribution in [0, 0.1) is 29.6 Å². The molecule has 2 aliphatic heterocycles. The second kappa shape index (κ2) is 12.9. The third-order valence-corrected chi connectivity index (χ3v) is 13.1. The predicted molar refractivity (Wildman–Crippen MR) is 192 cm³/mol. The van der Waals surface area contributed by atoms with Gasteiger partial charge in [0, 0.05) is 50.6 Å². The Morgan fingerprint density at radius 1 is 1.02 bits per heavy atom. The first-order chi connectivity index (χ1) is 24.2. The summed E-state index contributed by atoms with van der Waals surface area (Å²) in [6.45, 7) is 5.44. The number of hydrogen-bond donors (Lipinski definition) is 1. The largest absolute Gasteiger partial charge is 0.465 e. The first-order valence-electron chi connectivity index (χ1n) is 18.4. The van der Waals surface area contributed by atoms with Crippen molar-refractivity contribution in [2.75, 3.05) is 51.5 Å². The second-order valence-electron chi connectivity index (χ2n) is 15.3. The molecule has 3 aliphatic carbocycles. The molecule has 0 radical (unpaired) electrons. The van der Waals surface area contributed by atoms with Gasteiger partial charge in [0.15, 0.2) is 6.79 Å². The summed E-state index contributed by atoms with van der Waals surface area (Å²) in [5.74, 6) is 4.80. The molecule has 0 unspecified atom stereocenters. The lowest BCUT2D eigenvalue weighted by molar-refractivity contribution is -0.135. The monoisotopic (exact) mass is 676 g/mol. The average molecular weight is 677 g/mol. The number of anilines is 1. The number of methoxy groups -OCH3 is 1. The predicted octanol–water partition coefficient (Wildman–Crippen LogP) is 5.39. The molecule has 2 saturated heterocycles. The van der Waals surface area contributed by atoms with Crippen LogP contribution < -0.4 is 9.64 Å². The molecular weight excluding hydrogens is 628 g/mol. The number of amides is 2. The van der Waals surface area contributed by atoms with Gasteiger partial charge in [-0.25, -0.2) is 4.98 Å². The quantitative estimate of drug-likeness (QED) is 0.276. The van der Waals surface area contributed by atoms with Crippen molar-refractivity contribution in [2.45, 2.75) is 75.9 Å². The number of aliphatic hydroxyl groups is 1. The maximum atomic E-state index is 14.0. The third kappa shape index (κ3) is 5.34. The molecule has 2 aromatic carbocycles. The van der Waals surface area contributed by atoms with E-state index in [2.05, 4.69) is 34.9 Å². The summed E-state index contributed by atoms with van der Waals surface area (Å²) in [4.78, 5) is 38.2. The van der Waals surface area contributed by atoms with E-state index in [0.29, 0.717) is 69.0 Å². The van der Waals surface area contributed by atoms with Crippen LogP contribution in [0.5, 0.6) is 5.75 Å². The number of pyridine rings is 1. The molecule has 1 N–H and O–H groups in total. The van der Waals surface area contributed by atoms with E-state index in [4.69, 9.17) is 15.9 Å². The number of aromatic nitrogens is 1. The lowest BCUT2D eigenvalue weighted by Gasteiger charge is -2.52. The topological polar surface area (TPSA) is 95.4 Å². The molecule has 0 bridgehead atoms. The minimum absolute atomic E-state index is 0.0224. The Kier molecular flexibility index (Phi) is 8.51. The minimum atomic E-state index is -1.01. The first-order valence-corrected chi connectivity index (χ1v) is 18.4. The fourth-order valence-electron chi connectivity index (χ4n) is 10.3. The number of carbonyl (C=O) groups is 2. The van der Waals surface area contributed by atoms with E-state index in [1.54, 1.807) is 18.1 Å². The number of fused-ring (bicyclic) bond motifs is 6. The van der Waals surface area contributed by atoms with Crippen LogP contribution in [0.4, 0.5) is 5.69 Å². The van der Waals surface area contributed by atoms with E-state index in [-0.39, 0.29) is 24.0 Å².